The molecule has 9 heteroatoms. The van der Waals surface area contributed by atoms with E-state index in [1.54, 1.807) is 43.3 Å². The molecule has 2 aromatic rings. The zero-order valence-electron chi connectivity index (χ0n) is 20.2. The summed E-state index contributed by atoms with van der Waals surface area (Å²) in [5.74, 6) is -0.154. The van der Waals surface area contributed by atoms with Crippen molar-refractivity contribution in [3.63, 3.8) is 0 Å². The predicted molar refractivity (Wildman–Crippen MR) is 137 cm³/mol. The van der Waals surface area contributed by atoms with Gasteiger partial charge in [0.2, 0.25) is 21.8 Å². The van der Waals surface area contributed by atoms with E-state index in [-0.39, 0.29) is 37.2 Å². The van der Waals surface area contributed by atoms with E-state index in [1.165, 1.54) is 9.21 Å². The van der Waals surface area contributed by atoms with E-state index >= 15 is 0 Å². The number of hydrogen-bond acceptors (Lipinski definition) is 4. The van der Waals surface area contributed by atoms with Gasteiger partial charge in [0.25, 0.3) is 0 Å². The molecule has 0 aliphatic rings. The van der Waals surface area contributed by atoms with Gasteiger partial charge in [-0.25, -0.2) is 8.42 Å². The second kappa shape index (κ2) is 12.8. The van der Waals surface area contributed by atoms with Gasteiger partial charge in [0.1, 0.15) is 6.04 Å². The molecular formula is C25H34ClN3O4S. The maximum Gasteiger partial charge on any atom is 0.242 e. The first-order valence-corrected chi connectivity index (χ1v) is 13.6. The Bertz CT molecular complexity index is 1040. The molecule has 0 fully saturated rings. The molecule has 2 rings (SSSR count). The van der Waals surface area contributed by atoms with Crippen LogP contribution in [0.5, 0.6) is 0 Å². The number of amides is 2. The summed E-state index contributed by atoms with van der Waals surface area (Å²) >= 11 is 5.98. The third-order valence-corrected chi connectivity index (χ3v) is 6.76. The summed E-state index contributed by atoms with van der Waals surface area (Å²) in [5.41, 5.74) is 1.40. The topological polar surface area (TPSA) is 86.8 Å². The van der Waals surface area contributed by atoms with E-state index in [0.29, 0.717) is 23.7 Å². The largest absolute Gasteiger partial charge is 0.354 e. The first-order chi connectivity index (χ1) is 16.0. The molecule has 0 saturated carbocycles. The lowest BCUT2D eigenvalue weighted by molar-refractivity contribution is -0.140. The maximum atomic E-state index is 13.2. The molecule has 0 spiro atoms. The SMILES string of the molecule is CC(C)CNC(=O)C(C)N(Cc1ccc(Cl)cc1)C(=O)CCCN(c1ccccc1)S(C)(=O)=O. The van der Waals surface area contributed by atoms with Gasteiger partial charge < -0.3 is 10.2 Å². The van der Waals surface area contributed by atoms with Crippen molar-refractivity contribution in [2.75, 3.05) is 23.7 Å². The van der Waals surface area contributed by atoms with Crippen LogP contribution in [-0.2, 0) is 26.2 Å². The highest BCUT2D eigenvalue weighted by Gasteiger charge is 2.26. The number of rotatable bonds is 12. The number of carbonyl (C=O) groups is 2. The first kappa shape index (κ1) is 27.7. The summed E-state index contributed by atoms with van der Waals surface area (Å²) in [6.07, 6.45) is 1.57. The van der Waals surface area contributed by atoms with Gasteiger partial charge >= 0.3 is 0 Å². The van der Waals surface area contributed by atoms with Crippen LogP contribution in [0.25, 0.3) is 0 Å². The van der Waals surface area contributed by atoms with Gasteiger partial charge in [-0.3, -0.25) is 13.9 Å². The Morgan fingerprint density at radius 3 is 2.18 bits per heavy atom. The van der Waals surface area contributed by atoms with E-state index in [2.05, 4.69) is 5.32 Å². The van der Waals surface area contributed by atoms with Gasteiger partial charge in [-0.2, -0.15) is 0 Å². The lowest BCUT2D eigenvalue weighted by Gasteiger charge is -2.29. The van der Waals surface area contributed by atoms with Crippen LogP contribution in [0.4, 0.5) is 5.69 Å². The molecule has 0 radical (unpaired) electrons. The highest BCUT2D eigenvalue weighted by molar-refractivity contribution is 7.92. The quantitative estimate of drug-likeness (QED) is 0.469. The summed E-state index contributed by atoms with van der Waals surface area (Å²) in [6.45, 7) is 6.64. The number of para-hydroxylation sites is 1. The molecule has 34 heavy (non-hydrogen) atoms. The Kier molecular flexibility index (Phi) is 10.4. The van der Waals surface area contributed by atoms with E-state index < -0.39 is 16.1 Å². The molecule has 7 nitrogen and oxygen atoms in total. The number of nitrogens with one attached hydrogen (secondary N) is 1. The first-order valence-electron chi connectivity index (χ1n) is 11.3. The van der Waals surface area contributed by atoms with Crippen LogP contribution in [0.15, 0.2) is 54.6 Å². The molecule has 2 amide bonds. The third-order valence-electron chi connectivity index (χ3n) is 5.31. The van der Waals surface area contributed by atoms with Gasteiger partial charge in [0.05, 0.1) is 11.9 Å². The van der Waals surface area contributed by atoms with Crippen molar-refractivity contribution < 1.29 is 18.0 Å². The molecule has 0 aromatic heterocycles. The van der Waals surface area contributed by atoms with E-state index in [9.17, 15) is 18.0 Å². The van der Waals surface area contributed by atoms with Gasteiger partial charge in [-0.05, 0) is 49.1 Å². The zero-order valence-corrected chi connectivity index (χ0v) is 21.8. The number of benzene rings is 2. The monoisotopic (exact) mass is 507 g/mol. The lowest BCUT2D eigenvalue weighted by atomic mass is 10.1. The summed E-state index contributed by atoms with van der Waals surface area (Å²) in [7, 11) is -3.50. The van der Waals surface area contributed by atoms with Crippen molar-refractivity contribution >= 4 is 39.1 Å². The molecule has 0 heterocycles. The number of sulfonamides is 1. The summed E-state index contributed by atoms with van der Waals surface area (Å²) in [5, 5.41) is 3.48. The fraction of sp³-hybridized carbons (Fsp3) is 0.440. The maximum absolute atomic E-state index is 13.2. The van der Waals surface area contributed by atoms with Crippen LogP contribution in [0, 0.1) is 5.92 Å². The molecule has 2 aromatic carbocycles. The van der Waals surface area contributed by atoms with Crippen molar-refractivity contribution in [3.8, 4) is 0 Å². The second-order valence-corrected chi connectivity index (χ2v) is 11.1. The summed E-state index contributed by atoms with van der Waals surface area (Å²) in [6, 6.07) is 15.2. The van der Waals surface area contributed by atoms with Crippen molar-refractivity contribution in [1.82, 2.24) is 10.2 Å². The fourth-order valence-corrected chi connectivity index (χ4v) is 4.51. The molecule has 1 atom stereocenters. The van der Waals surface area contributed by atoms with E-state index in [0.717, 1.165) is 11.8 Å². The Morgan fingerprint density at radius 1 is 1.00 bits per heavy atom. The Balaban J connectivity index is 2.13. The molecule has 0 saturated heterocycles. The van der Waals surface area contributed by atoms with E-state index in [1.807, 2.05) is 32.0 Å². The predicted octanol–water partition coefficient (Wildman–Crippen LogP) is 4.08. The van der Waals surface area contributed by atoms with Crippen molar-refractivity contribution in [3.05, 3.63) is 65.2 Å². The third kappa shape index (κ3) is 8.65. The molecule has 1 N–H and O–H groups in total. The van der Waals surface area contributed by atoms with E-state index in [4.69, 9.17) is 11.6 Å². The van der Waals surface area contributed by atoms with Gasteiger partial charge in [0, 0.05) is 31.1 Å². The van der Waals surface area contributed by atoms with Gasteiger partial charge in [-0.1, -0.05) is 55.8 Å². The van der Waals surface area contributed by atoms with Crippen molar-refractivity contribution in [1.29, 1.82) is 0 Å². The summed E-state index contributed by atoms with van der Waals surface area (Å²) < 4.78 is 25.9. The Hall–Kier alpha value is -2.58. The Morgan fingerprint density at radius 2 is 1.62 bits per heavy atom. The Labute approximate surface area is 208 Å². The molecule has 186 valence electrons. The smallest absolute Gasteiger partial charge is 0.242 e. The van der Waals surface area contributed by atoms with Crippen LogP contribution in [0.1, 0.15) is 39.2 Å². The number of carbonyl (C=O) groups excluding carboxylic acids is 2. The minimum Gasteiger partial charge on any atom is -0.354 e. The number of anilines is 1. The minimum absolute atomic E-state index is 0.105. The number of hydrogen-bond donors (Lipinski definition) is 1. The van der Waals surface area contributed by atoms with Gasteiger partial charge in [0.15, 0.2) is 0 Å². The zero-order chi connectivity index (χ0) is 25.3. The van der Waals surface area contributed by atoms with Gasteiger partial charge in [-0.15, -0.1) is 0 Å². The fourth-order valence-electron chi connectivity index (χ4n) is 3.42. The molecule has 0 aliphatic heterocycles. The number of halogens is 1. The van der Waals surface area contributed by atoms with Crippen LogP contribution in [-0.4, -0.2) is 50.5 Å². The normalized spacial score (nSPS) is 12.3. The van der Waals surface area contributed by atoms with Crippen LogP contribution in [0.3, 0.4) is 0 Å². The molecular weight excluding hydrogens is 474 g/mol. The average Bonchev–Trinajstić information content (AvgIpc) is 2.79. The van der Waals surface area contributed by atoms with Crippen LogP contribution in [0.2, 0.25) is 5.02 Å². The summed E-state index contributed by atoms with van der Waals surface area (Å²) in [4.78, 5) is 27.5. The highest BCUT2D eigenvalue weighted by Crippen LogP contribution is 2.19. The van der Waals surface area contributed by atoms with Crippen molar-refractivity contribution in [2.45, 2.75) is 46.2 Å². The lowest BCUT2D eigenvalue weighted by Crippen LogP contribution is -2.48. The van der Waals surface area contributed by atoms with Crippen molar-refractivity contribution in [2.24, 2.45) is 5.92 Å². The molecule has 0 bridgehead atoms. The highest BCUT2D eigenvalue weighted by atomic mass is 35.5. The standard InChI is InChI=1S/C25H34ClN3O4S/c1-19(2)17-27-25(31)20(3)28(18-21-12-14-22(26)15-13-21)24(30)11-8-16-29(34(4,32)33)23-9-6-5-7-10-23/h5-7,9-10,12-15,19-20H,8,11,16-18H2,1-4H3,(H,27,31). The number of nitrogens with zero attached hydrogens (tertiary/aromatic N) is 2. The molecule has 0 aliphatic carbocycles. The average molecular weight is 508 g/mol. The van der Waals surface area contributed by atoms with Crippen LogP contribution >= 0.6 is 11.6 Å². The molecule has 1 unspecified atom stereocenters. The second-order valence-electron chi connectivity index (χ2n) is 8.74. The van der Waals surface area contributed by atoms with Crippen LogP contribution < -0.4 is 9.62 Å². The minimum atomic E-state index is -3.50.